The molecule has 0 heterocycles. The average Bonchev–Trinajstić information content (AvgIpc) is 0.938. The zero-order chi connectivity index (χ0) is 12.8. The Morgan fingerprint density at radius 1 is 0.333 bits per heavy atom. The third kappa shape index (κ3) is 1840. The van der Waals surface area contributed by atoms with E-state index in [0.717, 1.165) is 0 Å². The van der Waals surface area contributed by atoms with Crippen LogP contribution in [0.4, 0.5) is 41.6 Å². The molecule has 0 fully saturated rings. The summed E-state index contributed by atoms with van der Waals surface area (Å²) in [4.78, 5) is 0. The number of halogens is 12. The monoisotopic (exact) mass is 492 g/mol. The fraction of sp³-hybridized carbons (Fsp3) is 0. The Morgan fingerprint density at radius 3 is 0.333 bits per heavy atom. The van der Waals surface area contributed by atoms with Gasteiger partial charge in [0.2, 0.25) is 0 Å². The van der Waals surface area contributed by atoms with Crippen molar-refractivity contribution in [3.05, 3.63) is 0 Å². The number of rotatable bonds is 0. The largest absolute Gasteiger partial charge is 2.00 e. The van der Waals surface area contributed by atoms with Crippen LogP contribution in [0.1, 0.15) is 0 Å². The minimum atomic E-state index is -11.1. The molecule has 0 aliphatic rings. The van der Waals surface area contributed by atoms with Crippen molar-refractivity contribution in [2.45, 2.75) is 0 Å². The van der Waals surface area contributed by atoms with E-state index in [1.54, 1.807) is 0 Å². The van der Waals surface area contributed by atoms with Gasteiger partial charge in [-0.15, -0.1) is 0 Å². The van der Waals surface area contributed by atoms with Crippen molar-refractivity contribution in [2.75, 3.05) is 0 Å². The van der Waals surface area contributed by atoms with Crippen molar-refractivity contribution in [3.8, 4) is 0 Å². The molecule has 15 heteroatoms. The summed E-state index contributed by atoms with van der Waals surface area (Å²) < 4.78 is 119. The molecule has 15 heavy (non-hydrogen) atoms. The fourth-order valence-electron chi connectivity index (χ4n) is 0. The van der Waals surface area contributed by atoms with Gasteiger partial charge in [-0.1, -0.05) is 0 Å². The first-order valence-corrected chi connectivity index (χ1v) is 10.5. The minimum absolute atomic E-state index is 0. The Labute approximate surface area is 96.9 Å². The van der Waals surface area contributed by atoms with Gasteiger partial charge in [-0.2, -0.15) is 0 Å². The molecule has 0 bridgehead atoms. The zero-order valence-corrected chi connectivity index (χ0v) is 13.9. The Morgan fingerprint density at radius 2 is 0.333 bits per heavy atom. The summed E-state index contributed by atoms with van der Waals surface area (Å²) in [7, 11) is 0. The van der Waals surface area contributed by atoms with Crippen LogP contribution in [0.15, 0.2) is 0 Å². The summed E-state index contributed by atoms with van der Waals surface area (Å²) in [6, 6.07) is 0. The molecule has 0 aromatic heterocycles. The molecular formula is As2CdF12. The minimum Gasteiger partial charge on any atom is 2.00 e. The van der Waals surface area contributed by atoms with E-state index in [2.05, 4.69) is 0 Å². The van der Waals surface area contributed by atoms with Crippen LogP contribution in [0.5, 0.6) is 0 Å². The fourth-order valence-corrected chi connectivity index (χ4v) is 0. The van der Waals surface area contributed by atoms with Gasteiger partial charge in [-0.25, -0.2) is 0 Å². The molecule has 0 saturated heterocycles. The molecule has 0 atom stereocenters. The summed E-state index contributed by atoms with van der Waals surface area (Å²) >= 11 is -22.1. The van der Waals surface area contributed by atoms with Crippen molar-refractivity contribution >= 4 is 28.3 Å². The van der Waals surface area contributed by atoms with Gasteiger partial charge in [0.15, 0.2) is 0 Å². The van der Waals surface area contributed by atoms with E-state index in [0.29, 0.717) is 0 Å². The zero-order valence-electron chi connectivity index (χ0n) is 6.14. The summed E-state index contributed by atoms with van der Waals surface area (Å²) in [6.45, 7) is 0. The van der Waals surface area contributed by atoms with Crippen LogP contribution in [-0.2, 0) is 27.3 Å². The third-order valence-corrected chi connectivity index (χ3v) is 0. The molecule has 0 rings (SSSR count). The predicted octanol–water partition coefficient (Wildman–Crippen LogP) is 4.28. The summed E-state index contributed by atoms with van der Waals surface area (Å²) in [5, 5.41) is 0. The molecule has 0 nitrogen and oxygen atoms in total. The molecule has 0 aliphatic carbocycles. The first-order valence-electron chi connectivity index (χ1n) is 2.03. The van der Waals surface area contributed by atoms with E-state index in [4.69, 9.17) is 0 Å². The molecule has 0 N–H and O–H groups in total. The van der Waals surface area contributed by atoms with Crippen LogP contribution in [0.25, 0.3) is 0 Å². The van der Waals surface area contributed by atoms with Crippen molar-refractivity contribution in [3.63, 3.8) is 0 Å². The average molecular weight is 490 g/mol. The molecular weight excluding hydrogens is 490 g/mol. The van der Waals surface area contributed by atoms with Crippen molar-refractivity contribution in [2.24, 2.45) is 0 Å². The van der Waals surface area contributed by atoms with Crippen molar-refractivity contribution < 1.29 is 68.9 Å². The van der Waals surface area contributed by atoms with E-state index < -0.39 is 28.3 Å². The van der Waals surface area contributed by atoms with E-state index in [1.807, 2.05) is 0 Å². The van der Waals surface area contributed by atoms with Gasteiger partial charge in [-0.3, -0.25) is 0 Å². The topological polar surface area (TPSA) is 0 Å². The maximum absolute atomic E-state index is 11.1. The number of hydrogen-bond acceptors (Lipinski definition) is 0. The first kappa shape index (κ1) is 21.5. The molecule has 0 spiro atoms. The molecule has 0 aromatic carbocycles. The van der Waals surface area contributed by atoms with Gasteiger partial charge >= 0.3 is 97.2 Å². The van der Waals surface area contributed by atoms with Crippen LogP contribution in [0, 0.1) is 0 Å². The molecule has 0 amide bonds. The van der Waals surface area contributed by atoms with Gasteiger partial charge in [0.05, 0.1) is 0 Å². The maximum atomic E-state index is 9.91. The second-order valence-corrected chi connectivity index (χ2v) is 9.96. The van der Waals surface area contributed by atoms with Crippen molar-refractivity contribution in [1.29, 1.82) is 0 Å². The van der Waals surface area contributed by atoms with Gasteiger partial charge in [-0.05, 0) is 0 Å². The van der Waals surface area contributed by atoms with Gasteiger partial charge in [0, 0.05) is 0 Å². The van der Waals surface area contributed by atoms with Gasteiger partial charge in [0.1, 0.15) is 0 Å². The van der Waals surface area contributed by atoms with Gasteiger partial charge < -0.3 is 0 Å². The Kier molecular flexibility index (Phi) is 4.51. The van der Waals surface area contributed by atoms with E-state index in [9.17, 15) is 41.6 Å². The van der Waals surface area contributed by atoms with Crippen LogP contribution in [0.3, 0.4) is 0 Å². The van der Waals surface area contributed by atoms with E-state index in [-0.39, 0.29) is 27.3 Å². The Bertz CT molecular complexity index is 161. The summed E-state index contributed by atoms with van der Waals surface area (Å²) in [5.41, 5.74) is 0. The second kappa shape index (κ2) is 3.15. The molecule has 0 radical (unpaired) electrons. The first-order chi connectivity index (χ1) is 4.90. The molecule has 96 valence electrons. The summed E-state index contributed by atoms with van der Waals surface area (Å²) in [5.74, 6) is 0. The Hall–Kier alpha value is 1.20. The SMILES string of the molecule is F[As-](F)(F)(F)(F)F.F[As-](F)(F)(F)(F)F.[Cd+2]. The normalized spacial score (nSPS) is 21.6. The molecule has 0 aliphatic heterocycles. The summed E-state index contributed by atoms with van der Waals surface area (Å²) in [6.07, 6.45) is 0. The van der Waals surface area contributed by atoms with Crippen LogP contribution >= 0.6 is 0 Å². The smallest absolute Gasteiger partial charge is 2.00 e. The maximum Gasteiger partial charge on any atom is 2.00 e. The number of hydrogen-bond donors (Lipinski definition) is 0. The van der Waals surface area contributed by atoms with Gasteiger partial charge in [0.25, 0.3) is 0 Å². The van der Waals surface area contributed by atoms with Crippen LogP contribution in [0.2, 0.25) is 0 Å². The third-order valence-electron chi connectivity index (χ3n) is 0. The Balaban J connectivity index is -0.000000180. The quantitative estimate of drug-likeness (QED) is 0.352. The van der Waals surface area contributed by atoms with E-state index >= 15 is 0 Å². The second-order valence-electron chi connectivity index (χ2n) is 1.92. The molecule has 0 saturated carbocycles. The predicted molar refractivity (Wildman–Crippen MR) is 24.8 cm³/mol. The molecule has 0 unspecified atom stereocenters. The van der Waals surface area contributed by atoms with Crippen LogP contribution in [-0.4, -0.2) is 28.3 Å². The van der Waals surface area contributed by atoms with Crippen molar-refractivity contribution in [1.82, 2.24) is 0 Å². The molecule has 0 aromatic rings. The standard InChI is InChI=1S/2AsF6.Cd/c2*2-1(3,4,5,6)7;/q2*-1;+2. The van der Waals surface area contributed by atoms with Crippen LogP contribution < -0.4 is 0 Å². The van der Waals surface area contributed by atoms with E-state index in [1.165, 1.54) is 0 Å².